The van der Waals surface area contributed by atoms with Crippen molar-refractivity contribution in [3.05, 3.63) is 53.6 Å². The predicted molar refractivity (Wildman–Crippen MR) is 102 cm³/mol. The summed E-state index contributed by atoms with van der Waals surface area (Å²) in [4.78, 5) is 12.3. The molecule has 0 radical (unpaired) electrons. The molecule has 2 aromatic rings. The quantitative estimate of drug-likeness (QED) is 0.626. The van der Waals surface area contributed by atoms with Crippen molar-refractivity contribution in [2.45, 2.75) is 6.10 Å². The van der Waals surface area contributed by atoms with Gasteiger partial charge in [0.25, 0.3) is 5.91 Å². The number of methoxy groups -OCH3 is 2. The fourth-order valence-corrected chi connectivity index (χ4v) is 2.96. The fourth-order valence-electron chi connectivity index (χ4n) is 2.41. The number of amides is 1. The number of rotatable bonds is 8. The van der Waals surface area contributed by atoms with Gasteiger partial charge in [-0.15, -0.1) is 0 Å². The van der Waals surface area contributed by atoms with Gasteiger partial charge in [-0.05, 0) is 35.9 Å². The molecule has 3 N–H and O–H groups in total. The topological polar surface area (TPSA) is 114 Å². The number of aliphatic hydroxyl groups is 1. The molecule has 27 heavy (non-hydrogen) atoms. The average molecular weight is 394 g/mol. The lowest BCUT2D eigenvalue weighted by molar-refractivity contribution is 0.0916. The second-order valence-electron chi connectivity index (χ2n) is 5.80. The summed E-state index contributed by atoms with van der Waals surface area (Å²) in [7, 11) is -0.429. The minimum atomic E-state index is -3.44. The molecule has 0 spiro atoms. The van der Waals surface area contributed by atoms with E-state index in [0.717, 1.165) is 6.26 Å². The summed E-state index contributed by atoms with van der Waals surface area (Å²) in [5.74, 6) is 0.569. The standard InChI is InChI=1S/C18H22N2O6S/c1-25-16-8-7-12(10-17(16)26-2)15(21)11-19-18(22)13-5-4-6-14(9-13)20-27(3,23)24/h4-10,15,20-21H,11H2,1-3H3,(H,19,22). The van der Waals surface area contributed by atoms with E-state index in [1.165, 1.54) is 26.4 Å². The number of hydrogen-bond acceptors (Lipinski definition) is 6. The number of carbonyl (C=O) groups is 1. The Morgan fingerprint density at radius 1 is 1.11 bits per heavy atom. The van der Waals surface area contributed by atoms with E-state index >= 15 is 0 Å². The number of benzene rings is 2. The number of ether oxygens (including phenoxy) is 2. The van der Waals surface area contributed by atoms with Crippen molar-refractivity contribution in [2.75, 3.05) is 31.7 Å². The molecule has 146 valence electrons. The molecule has 0 saturated heterocycles. The number of carbonyl (C=O) groups excluding carboxylic acids is 1. The molecule has 0 aromatic heterocycles. The highest BCUT2D eigenvalue weighted by Crippen LogP contribution is 2.29. The first kappa shape index (κ1) is 20.5. The molecule has 2 rings (SSSR count). The van der Waals surface area contributed by atoms with Crippen molar-refractivity contribution >= 4 is 21.6 Å². The number of sulfonamides is 1. The van der Waals surface area contributed by atoms with E-state index in [9.17, 15) is 18.3 Å². The van der Waals surface area contributed by atoms with Gasteiger partial charge < -0.3 is 19.9 Å². The minimum absolute atomic E-state index is 0.0297. The average Bonchev–Trinajstić information content (AvgIpc) is 2.64. The summed E-state index contributed by atoms with van der Waals surface area (Å²) in [5.41, 5.74) is 1.11. The van der Waals surface area contributed by atoms with Crippen LogP contribution in [0.4, 0.5) is 5.69 Å². The van der Waals surface area contributed by atoms with E-state index in [-0.39, 0.29) is 17.8 Å². The Balaban J connectivity index is 2.04. The molecule has 1 amide bonds. The molecule has 0 aliphatic rings. The number of aliphatic hydroxyl groups excluding tert-OH is 1. The van der Waals surface area contributed by atoms with Gasteiger partial charge in [-0.2, -0.15) is 0 Å². The summed E-state index contributed by atoms with van der Waals surface area (Å²) < 4.78 is 35.2. The first-order valence-electron chi connectivity index (χ1n) is 7.99. The zero-order valence-electron chi connectivity index (χ0n) is 15.2. The fraction of sp³-hybridized carbons (Fsp3) is 0.278. The van der Waals surface area contributed by atoms with Gasteiger partial charge in [-0.1, -0.05) is 12.1 Å². The Bertz CT molecular complexity index is 914. The minimum Gasteiger partial charge on any atom is -0.493 e. The highest BCUT2D eigenvalue weighted by atomic mass is 32.2. The normalized spacial score (nSPS) is 12.1. The van der Waals surface area contributed by atoms with Crippen LogP contribution in [-0.4, -0.2) is 46.5 Å². The van der Waals surface area contributed by atoms with Crippen molar-refractivity contribution in [1.82, 2.24) is 5.32 Å². The van der Waals surface area contributed by atoms with Crippen molar-refractivity contribution in [3.8, 4) is 11.5 Å². The third-order valence-electron chi connectivity index (χ3n) is 3.68. The molecule has 0 fully saturated rings. The Morgan fingerprint density at radius 2 is 1.81 bits per heavy atom. The Hall–Kier alpha value is -2.78. The van der Waals surface area contributed by atoms with Gasteiger partial charge >= 0.3 is 0 Å². The van der Waals surface area contributed by atoms with Crippen LogP contribution in [0, 0.1) is 0 Å². The SMILES string of the molecule is COc1ccc(C(O)CNC(=O)c2cccc(NS(C)(=O)=O)c2)cc1OC. The molecule has 9 heteroatoms. The van der Waals surface area contributed by atoms with Crippen LogP contribution in [0.15, 0.2) is 42.5 Å². The van der Waals surface area contributed by atoms with Crippen LogP contribution in [0.25, 0.3) is 0 Å². The third-order valence-corrected chi connectivity index (χ3v) is 4.28. The van der Waals surface area contributed by atoms with E-state index in [2.05, 4.69) is 10.0 Å². The van der Waals surface area contributed by atoms with Gasteiger partial charge in [0, 0.05) is 17.8 Å². The van der Waals surface area contributed by atoms with Crippen LogP contribution >= 0.6 is 0 Å². The largest absolute Gasteiger partial charge is 0.493 e. The zero-order valence-corrected chi connectivity index (χ0v) is 16.0. The maximum atomic E-state index is 12.3. The van der Waals surface area contributed by atoms with Crippen molar-refractivity contribution < 1.29 is 27.8 Å². The number of anilines is 1. The summed E-state index contributed by atoms with van der Waals surface area (Å²) in [5, 5.41) is 12.9. The monoisotopic (exact) mass is 394 g/mol. The van der Waals surface area contributed by atoms with Gasteiger partial charge in [0.05, 0.1) is 26.6 Å². The van der Waals surface area contributed by atoms with E-state index < -0.39 is 22.0 Å². The molecule has 8 nitrogen and oxygen atoms in total. The molecule has 0 bridgehead atoms. The second-order valence-corrected chi connectivity index (χ2v) is 7.54. The van der Waals surface area contributed by atoms with E-state index in [1.807, 2.05) is 0 Å². The van der Waals surface area contributed by atoms with Crippen LogP contribution in [0.3, 0.4) is 0 Å². The van der Waals surface area contributed by atoms with Crippen LogP contribution in [-0.2, 0) is 10.0 Å². The molecule has 0 heterocycles. The molecule has 1 unspecified atom stereocenters. The zero-order chi connectivity index (χ0) is 20.0. The smallest absolute Gasteiger partial charge is 0.251 e. The Morgan fingerprint density at radius 3 is 2.44 bits per heavy atom. The number of hydrogen-bond donors (Lipinski definition) is 3. The van der Waals surface area contributed by atoms with Gasteiger partial charge in [0.1, 0.15) is 0 Å². The molecule has 0 saturated carbocycles. The van der Waals surface area contributed by atoms with E-state index in [0.29, 0.717) is 17.1 Å². The lowest BCUT2D eigenvalue weighted by Crippen LogP contribution is -2.28. The first-order chi connectivity index (χ1) is 12.7. The maximum absolute atomic E-state index is 12.3. The molecule has 2 aromatic carbocycles. The van der Waals surface area contributed by atoms with Crippen molar-refractivity contribution in [3.63, 3.8) is 0 Å². The lowest BCUT2D eigenvalue weighted by atomic mass is 10.1. The Labute approximate surface area is 158 Å². The Kier molecular flexibility index (Phi) is 6.65. The van der Waals surface area contributed by atoms with Crippen molar-refractivity contribution in [1.29, 1.82) is 0 Å². The summed E-state index contributed by atoms with van der Waals surface area (Å²) in [6.45, 7) is -0.0297. The number of nitrogens with one attached hydrogen (secondary N) is 2. The summed E-state index contributed by atoms with van der Waals surface area (Å²) in [6.07, 6.45) is 0.0743. The maximum Gasteiger partial charge on any atom is 0.251 e. The second kappa shape index (κ2) is 8.74. The van der Waals surface area contributed by atoms with Crippen LogP contribution in [0.1, 0.15) is 22.0 Å². The molecule has 0 aliphatic heterocycles. The van der Waals surface area contributed by atoms with Gasteiger partial charge in [0.15, 0.2) is 11.5 Å². The van der Waals surface area contributed by atoms with Crippen LogP contribution in [0.5, 0.6) is 11.5 Å². The van der Waals surface area contributed by atoms with E-state index in [1.54, 1.807) is 30.3 Å². The first-order valence-corrected chi connectivity index (χ1v) is 9.88. The third kappa shape index (κ3) is 5.87. The summed E-state index contributed by atoms with van der Waals surface area (Å²) in [6, 6.07) is 11.0. The van der Waals surface area contributed by atoms with Gasteiger partial charge in [0.2, 0.25) is 10.0 Å². The van der Waals surface area contributed by atoms with E-state index in [4.69, 9.17) is 9.47 Å². The molecular formula is C18H22N2O6S. The molecule has 0 aliphatic carbocycles. The van der Waals surface area contributed by atoms with Crippen molar-refractivity contribution in [2.24, 2.45) is 0 Å². The van der Waals surface area contributed by atoms with Gasteiger partial charge in [-0.25, -0.2) is 8.42 Å². The van der Waals surface area contributed by atoms with Gasteiger partial charge in [-0.3, -0.25) is 9.52 Å². The summed E-state index contributed by atoms with van der Waals surface area (Å²) >= 11 is 0. The lowest BCUT2D eigenvalue weighted by Gasteiger charge is -2.15. The highest BCUT2D eigenvalue weighted by Gasteiger charge is 2.14. The predicted octanol–water partition coefficient (Wildman–Crippen LogP) is 1.54. The van der Waals surface area contributed by atoms with Crippen LogP contribution < -0.4 is 19.5 Å². The molecule has 1 atom stereocenters. The molecular weight excluding hydrogens is 372 g/mol. The highest BCUT2D eigenvalue weighted by molar-refractivity contribution is 7.92. The van der Waals surface area contributed by atoms with Crippen LogP contribution in [0.2, 0.25) is 0 Å².